The largest absolute Gasteiger partial charge is 0.355 e. The second-order valence-electron chi connectivity index (χ2n) is 7.62. The summed E-state index contributed by atoms with van der Waals surface area (Å²) in [5.74, 6) is 1.53. The molecule has 1 atom stereocenters. The summed E-state index contributed by atoms with van der Waals surface area (Å²) in [5, 5.41) is 6.24. The molecule has 146 valence electrons. The van der Waals surface area contributed by atoms with Crippen LogP contribution >= 0.6 is 0 Å². The van der Waals surface area contributed by atoms with Crippen molar-refractivity contribution in [3.8, 4) is 0 Å². The molecule has 8 heteroatoms. The number of guanidine groups is 1. The van der Waals surface area contributed by atoms with E-state index in [2.05, 4.69) is 25.4 Å². The lowest BCUT2D eigenvalue weighted by molar-refractivity contribution is -0.123. The molecule has 1 rings (SSSR count). The van der Waals surface area contributed by atoms with E-state index >= 15 is 0 Å². The van der Waals surface area contributed by atoms with E-state index in [0.717, 1.165) is 32.1 Å². The van der Waals surface area contributed by atoms with Gasteiger partial charge in [0.15, 0.2) is 5.96 Å². The van der Waals surface area contributed by atoms with Gasteiger partial charge in [0.2, 0.25) is 5.91 Å². The number of nitrogens with one attached hydrogen (secondary N) is 2. The lowest BCUT2D eigenvalue weighted by Gasteiger charge is -2.36. The van der Waals surface area contributed by atoms with Crippen molar-refractivity contribution in [3.63, 3.8) is 0 Å². The van der Waals surface area contributed by atoms with Gasteiger partial charge in [-0.05, 0) is 34.6 Å². The molecule has 0 radical (unpaired) electrons. The Morgan fingerprint density at radius 3 is 2.28 bits per heavy atom. The van der Waals surface area contributed by atoms with Crippen LogP contribution in [0.5, 0.6) is 0 Å². The first-order valence-electron chi connectivity index (χ1n) is 8.99. The number of nitrogens with zero attached hydrogens (tertiary/aromatic N) is 3. The maximum Gasteiger partial charge on any atom is 0.234 e. The van der Waals surface area contributed by atoms with Crippen LogP contribution in [0.25, 0.3) is 0 Å². The molecular formula is C17H35N5O2S. The highest BCUT2D eigenvalue weighted by Gasteiger charge is 2.22. The lowest BCUT2D eigenvalue weighted by atomic mass is 10.3. The first-order chi connectivity index (χ1) is 11.6. The van der Waals surface area contributed by atoms with Crippen molar-refractivity contribution < 1.29 is 9.00 Å². The van der Waals surface area contributed by atoms with Crippen molar-refractivity contribution in [2.45, 2.75) is 45.4 Å². The van der Waals surface area contributed by atoms with Gasteiger partial charge in [-0.2, -0.15) is 0 Å². The molecule has 1 aliphatic heterocycles. The smallest absolute Gasteiger partial charge is 0.234 e. The van der Waals surface area contributed by atoms with E-state index in [1.165, 1.54) is 0 Å². The molecule has 1 fully saturated rings. The normalized spacial score (nSPS) is 18.4. The summed E-state index contributed by atoms with van der Waals surface area (Å²) in [6.07, 6.45) is 0. The van der Waals surface area contributed by atoms with Crippen LogP contribution in [0, 0.1) is 0 Å². The third kappa shape index (κ3) is 8.18. The van der Waals surface area contributed by atoms with Crippen molar-refractivity contribution >= 4 is 22.7 Å². The van der Waals surface area contributed by atoms with E-state index in [-0.39, 0.29) is 16.7 Å². The highest BCUT2D eigenvalue weighted by molar-refractivity contribution is 7.86. The maximum absolute atomic E-state index is 12.1. The first-order valence-corrected chi connectivity index (χ1v) is 10.3. The average molecular weight is 374 g/mol. The van der Waals surface area contributed by atoms with Gasteiger partial charge in [0, 0.05) is 67.1 Å². The van der Waals surface area contributed by atoms with Gasteiger partial charge in [-0.15, -0.1) is 0 Å². The van der Waals surface area contributed by atoms with Crippen molar-refractivity contribution in [1.29, 1.82) is 0 Å². The van der Waals surface area contributed by atoms with E-state index < -0.39 is 10.8 Å². The zero-order valence-electron chi connectivity index (χ0n) is 16.6. The molecule has 2 N–H and O–H groups in total. The Hall–Kier alpha value is -1.15. The van der Waals surface area contributed by atoms with Crippen LogP contribution in [0.4, 0.5) is 0 Å². The average Bonchev–Trinajstić information content (AvgIpc) is 2.50. The molecule has 0 spiro atoms. The fourth-order valence-electron chi connectivity index (χ4n) is 2.58. The predicted octanol–water partition coefficient (Wildman–Crippen LogP) is 0.251. The number of piperazine rings is 1. The summed E-state index contributed by atoms with van der Waals surface area (Å²) < 4.78 is 11.9. The summed E-state index contributed by atoms with van der Waals surface area (Å²) in [4.78, 5) is 20.5. The number of hydrogen-bond acceptors (Lipinski definition) is 4. The molecule has 1 unspecified atom stereocenters. The van der Waals surface area contributed by atoms with Crippen LogP contribution in [0.15, 0.2) is 4.99 Å². The second kappa shape index (κ2) is 10.1. The molecule has 0 aromatic rings. The summed E-state index contributed by atoms with van der Waals surface area (Å²) >= 11 is 0. The van der Waals surface area contributed by atoms with E-state index in [4.69, 9.17) is 0 Å². The Kier molecular flexibility index (Phi) is 8.85. The summed E-state index contributed by atoms with van der Waals surface area (Å²) in [5.41, 5.74) is 0. The van der Waals surface area contributed by atoms with Gasteiger partial charge in [-0.1, -0.05) is 0 Å². The van der Waals surface area contributed by atoms with Gasteiger partial charge >= 0.3 is 0 Å². The van der Waals surface area contributed by atoms with Crippen LogP contribution in [0.1, 0.15) is 34.6 Å². The molecule has 0 aliphatic carbocycles. The van der Waals surface area contributed by atoms with Crippen LogP contribution in [-0.4, -0.2) is 88.7 Å². The molecule has 1 amide bonds. The monoisotopic (exact) mass is 373 g/mol. The van der Waals surface area contributed by atoms with Gasteiger partial charge in [0.25, 0.3) is 0 Å². The molecule has 1 heterocycles. The highest BCUT2D eigenvalue weighted by Crippen LogP contribution is 2.10. The van der Waals surface area contributed by atoms with Gasteiger partial charge in [0.05, 0.1) is 6.54 Å². The molecule has 0 aromatic carbocycles. The highest BCUT2D eigenvalue weighted by atomic mass is 32.2. The number of carbonyl (C=O) groups is 1. The minimum atomic E-state index is -0.867. The number of aliphatic imine (C=N–C) groups is 1. The van der Waals surface area contributed by atoms with E-state index in [9.17, 15) is 9.00 Å². The first kappa shape index (κ1) is 21.9. The fourth-order valence-corrected chi connectivity index (χ4v) is 3.48. The third-order valence-corrected chi connectivity index (χ3v) is 5.90. The van der Waals surface area contributed by atoms with Crippen molar-refractivity contribution in [1.82, 2.24) is 20.4 Å². The SMILES string of the molecule is CN=C(NCCS(=O)C(C)(C)C)N1CCN(CC(=O)NC(C)C)CC1. The van der Waals surface area contributed by atoms with Crippen molar-refractivity contribution in [3.05, 3.63) is 0 Å². The summed E-state index contributed by atoms with van der Waals surface area (Å²) in [6, 6.07) is 0.176. The Morgan fingerprint density at radius 2 is 1.80 bits per heavy atom. The molecule has 0 aromatic heterocycles. The van der Waals surface area contributed by atoms with Crippen LogP contribution < -0.4 is 10.6 Å². The molecule has 7 nitrogen and oxygen atoms in total. The standard InChI is InChI=1S/C17H35N5O2S/c1-14(2)20-15(23)13-21-8-10-22(11-9-21)16(18-6)19-7-12-25(24)17(3,4)5/h14H,7-13H2,1-6H3,(H,18,19)(H,20,23). The molecule has 1 aliphatic rings. The lowest BCUT2D eigenvalue weighted by Crippen LogP contribution is -2.54. The van der Waals surface area contributed by atoms with Gasteiger partial charge < -0.3 is 15.5 Å². The van der Waals surface area contributed by atoms with Crippen molar-refractivity contribution in [2.24, 2.45) is 4.99 Å². The second-order valence-corrected chi connectivity index (χ2v) is 9.95. The van der Waals surface area contributed by atoms with Crippen LogP contribution in [0.3, 0.4) is 0 Å². The summed E-state index contributed by atoms with van der Waals surface area (Å²) in [6.45, 7) is 14.3. The minimum absolute atomic E-state index is 0.0793. The zero-order chi connectivity index (χ0) is 19.0. The Balaban J connectivity index is 2.36. The third-order valence-electron chi connectivity index (χ3n) is 3.95. The Morgan fingerprint density at radius 1 is 1.20 bits per heavy atom. The molecule has 0 bridgehead atoms. The van der Waals surface area contributed by atoms with E-state index in [0.29, 0.717) is 18.8 Å². The number of amides is 1. The van der Waals surface area contributed by atoms with E-state index in [1.54, 1.807) is 7.05 Å². The van der Waals surface area contributed by atoms with E-state index in [1.807, 2.05) is 34.6 Å². The molecule has 25 heavy (non-hydrogen) atoms. The fraction of sp³-hybridized carbons (Fsp3) is 0.882. The van der Waals surface area contributed by atoms with Crippen molar-refractivity contribution in [2.75, 3.05) is 52.1 Å². The maximum atomic E-state index is 12.1. The number of rotatable bonds is 6. The zero-order valence-corrected chi connectivity index (χ0v) is 17.4. The van der Waals surface area contributed by atoms with Crippen LogP contribution in [0.2, 0.25) is 0 Å². The summed E-state index contributed by atoms with van der Waals surface area (Å²) in [7, 11) is 0.902. The quantitative estimate of drug-likeness (QED) is 0.516. The number of hydrogen-bond donors (Lipinski definition) is 2. The van der Waals surface area contributed by atoms with Gasteiger partial charge in [0.1, 0.15) is 0 Å². The van der Waals surface area contributed by atoms with Gasteiger partial charge in [-0.25, -0.2) is 0 Å². The molecular weight excluding hydrogens is 338 g/mol. The number of carbonyl (C=O) groups excluding carboxylic acids is 1. The van der Waals surface area contributed by atoms with Crippen LogP contribution in [-0.2, 0) is 15.6 Å². The Bertz CT molecular complexity index is 480. The Labute approximate surface area is 155 Å². The minimum Gasteiger partial charge on any atom is -0.355 e. The topological polar surface area (TPSA) is 77.0 Å². The predicted molar refractivity (Wildman–Crippen MR) is 105 cm³/mol. The van der Waals surface area contributed by atoms with Gasteiger partial charge in [-0.3, -0.25) is 18.9 Å². The molecule has 1 saturated heterocycles. The molecule has 0 saturated carbocycles.